The van der Waals surface area contributed by atoms with E-state index < -0.39 is 5.82 Å². The van der Waals surface area contributed by atoms with Gasteiger partial charge in [0.25, 0.3) is 0 Å². The molecule has 78 valence electrons. The number of rotatable bonds is 3. The number of hydrogen-bond acceptors (Lipinski definition) is 3. The van der Waals surface area contributed by atoms with Gasteiger partial charge in [-0.2, -0.15) is 0 Å². The van der Waals surface area contributed by atoms with Gasteiger partial charge in [0.1, 0.15) is 0 Å². The third kappa shape index (κ3) is 2.05. The van der Waals surface area contributed by atoms with Crippen molar-refractivity contribution in [3.8, 4) is 5.75 Å². The number of ether oxygens (including phenoxy) is 1. The van der Waals surface area contributed by atoms with Crippen molar-refractivity contribution in [2.75, 3.05) is 7.11 Å². The van der Waals surface area contributed by atoms with Crippen LogP contribution in [-0.4, -0.2) is 12.3 Å². The van der Waals surface area contributed by atoms with Crippen LogP contribution in [0, 0.1) is 12.7 Å². The summed E-state index contributed by atoms with van der Waals surface area (Å²) in [6, 6.07) is 1.38. The highest BCUT2D eigenvalue weighted by Crippen LogP contribution is 2.32. The van der Waals surface area contributed by atoms with E-state index >= 15 is 0 Å². The fourth-order valence-electron chi connectivity index (χ4n) is 1.26. The minimum atomic E-state index is -0.432. The molecular formula is C9H11BrFNO2. The van der Waals surface area contributed by atoms with E-state index in [9.17, 15) is 4.39 Å². The van der Waals surface area contributed by atoms with Crippen LogP contribution in [0.25, 0.3) is 0 Å². The Hall–Kier alpha value is -0.650. The Morgan fingerprint density at radius 2 is 2.29 bits per heavy atom. The molecule has 0 aliphatic carbocycles. The number of aryl methyl sites for hydroxylation is 1. The third-order valence-electron chi connectivity index (χ3n) is 1.91. The standard InChI is InChI=1S/C9H11BrFNO2/c1-5-3-7(11)9(14-2)6(4-12-13)8(5)10/h3,12-13H,4H2,1-2H3. The number of nitrogens with one attached hydrogen (secondary N) is 1. The lowest BCUT2D eigenvalue weighted by Crippen LogP contribution is -2.10. The van der Waals surface area contributed by atoms with Gasteiger partial charge in [0.05, 0.1) is 13.7 Å². The molecule has 0 saturated carbocycles. The summed E-state index contributed by atoms with van der Waals surface area (Å²) < 4.78 is 19.0. The average Bonchev–Trinajstić information content (AvgIpc) is 2.14. The summed E-state index contributed by atoms with van der Waals surface area (Å²) in [4.78, 5) is 0. The maximum atomic E-state index is 13.4. The van der Waals surface area contributed by atoms with Crippen LogP contribution < -0.4 is 10.2 Å². The van der Waals surface area contributed by atoms with Crippen molar-refractivity contribution in [1.82, 2.24) is 5.48 Å². The van der Waals surface area contributed by atoms with Gasteiger partial charge in [0.15, 0.2) is 11.6 Å². The molecule has 1 aromatic carbocycles. The molecular weight excluding hydrogens is 253 g/mol. The van der Waals surface area contributed by atoms with Crippen molar-refractivity contribution >= 4 is 15.9 Å². The Balaban J connectivity index is 3.32. The molecule has 0 atom stereocenters. The molecule has 0 aromatic heterocycles. The van der Waals surface area contributed by atoms with Crippen molar-refractivity contribution in [1.29, 1.82) is 0 Å². The second-order valence-corrected chi connectivity index (χ2v) is 3.63. The van der Waals surface area contributed by atoms with E-state index in [1.165, 1.54) is 13.2 Å². The monoisotopic (exact) mass is 263 g/mol. The molecule has 0 saturated heterocycles. The van der Waals surface area contributed by atoms with Gasteiger partial charge in [0.2, 0.25) is 0 Å². The highest BCUT2D eigenvalue weighted by atomic mass is 79.9. The van der Waals surface area contributed by atoms with Gasteiger partial charge >= 0.3 is 0 Å². The Morgan fingerprint density at radius 3 is 2.79 bits per heavy atom. The predicted octanol–water partition coefficient (Wildman–Crippen LogP) is 2.38. The zero-order chi connectivity index (χ0) is 10.7. The van der Waals surface area contributed by atoms with Crippen molar-refractivity contribution in [2.45, 2.75) is 13.5 Å². The van der Waals surface area contributed by atoms with Crippen LogP contribution in [0.1, 0.15) is 11.1 Å². The number of methoxy groups -OCH3 is 1. The Labute approximate surface area is 90.0 Å². The fourth-order valence-corrected chi connectivity index (χ4v) is 1.69. The van der Waals surface area contributed by atoms with Crippen LogP contribution in [0.4, 0.5) is 4.39 Å². The zero-order valence-corrected chi connectivity index (χ0v) is 9.48. The van der Waals surface area contributed by atoms with Crippen molar-refractivity contribution in [2.24, 2.45) is 0 Å². The molecule has 0 unspecified atom stereocenters. The summed E-state index contributed by atoms with van der Waals surface area (Å²) in [6.07, 6.45) is 0. The van der Waals surface area contributed by atoms with Crippen LogP contribution >= 0.6 is 15.9 Å². The van der Waals surface area contributed by atoms with Gasteiger partial charge < -0.3 is 9.94 Å². The molecule has 0 spiro atoms. The molecule has 5 heteroatoms. The average molecular weight is 264 g/mol. The molecule has 0 aliphatic rings. The van der Waals surface area contributed by atoms with E-state index in [-0.39, 0.29) is 12.3 Å². The van der Waals surface area contributed by atoms with Gasteiger partial charge in [-0.3, -0.25) is 0 Å². The number of benzene rings is 1. The van der Waals surface area contributed by atoms with E-state index in [1.54, 1.807) is 6.92 Å². The molecule has 14 heavy (non-hydrogen) atoms. The highest BCUT2D eigenvalue weighted by Gasteiger charge is 2.14. The van der Waals surface area contributed by atoms with Crippen molar-refractivity contribution < 1.29 is 14.3 Å². The van der Waals surface area contributed by atoms with E-state index in [0.717, 1.165) is 10.0 Å². The molecule has 2 N–H and O–H groups in total. The summed E-state index contributed by atoms with van der Waals surface area (Å²) in [5, 5.41) is 8.60. The summed E-state index contributed by atoms with van der Waals surface area (Å²) >= 11 is 3.31. The van der Waals surface area contributed by atoms with Crippen LogP contribution in [-0.2, 0) is 6.54 Å². The SMILES string of the molecule is COc1c(F)cc(C)c(Br)c1CNO. The first-order chi connectivity index (χ1) is 6.61. The zero-order valence-electron chi connectivity index (χ0n) is 7.90. The Kier molecular flexibility index (Phi) is 3.86. The summed E-state index contributed by atoms with van der Waals surface area (Å²) in [6.45, 7) is 1.90. The molecule has 0 bridgehead atoms. The maximum Gasteiger partial charge on any atom is 0.165 e. The molecule has 1 aromatic rings. The topological polar surface area (TPSA) is 41.5 Å². The number of halogens is 2. The fraction of sp³-hybridized carbons (Fsp3) is 0.333. The van der Waals surface area contributed by atoms with Crippen molar-refractivity contribution in [3.63, 3.8) is 0 Å². The first-order valence-electron chi connectivity index (χ1n) is 4.00. The normalized spacial score (nSPS) is 10.4. The molecule has 3 nitrogen and oxygen atoms in total. The predicted molar refractivity (Wildman–Crippen MR) is 54.0 cm³/mol. The second-order valence-electron chi connectivity index (χ2n) is 2.84. The van der Waals surface area contributed by atoms with Crippen LogP contribution in [0.3, 0.4) is 0 Å². The lowest BCUT2D eigenvalue weighted by molar-refractivity contribution is 0.159. The molecule has 0 fully saturated rings. The lowest BCUT2D eigenvalue weighted by Gasteiger charge is -2.12. The van der Waals surface area contributed by atoms with Crippen LogP contribution in [0.2, 0.25) is 0 Å². The Bertz CT molecular complexity index is 344. The first kappa shape index (κ1) is 11.4. The van der Waals surface area contributed by atoms with Gasteiger partial charge in [0, 0.05) is 10.0 Å². The number of hydroxylamine groups is 1. The molecule has 0 radical (unpaired) electrons. The quantitative estimate of drug-likeness (QED) is 0.823. The second kappa shape index (κ2) is 4.72. The molecule has 1 rings (SSSR count). The van der Waals surface area contributed by atoms with Crippen molar-refractivity contribution in [3.05, 3.63) is 27.5 Å². The van der Waals surface area contributed by atoms with E-state index in [2.05, 4.69) is 15.9 Å². The largest absolute Gasteiger partial charge is 0.493 e. The number of hydrogen-bond donors (Lipinski definition) is 2. The first-order valence-corrected chi connectivity index (χ1v) is 4.79. The lowest BCUT2D eigenvalue weighted by atomic mass is 10.1. The highest BCUT2D eigenvalue weighted by molar-refractivity contribution is 9.10. The van der Waals surface area contributed by atoms with Gasteiger partial charge in [-0.25, -0.2) is 9.87 Å². The minimum Gasteiger partial charge on any atom is -0.493 e. The van der Waals surface area contributed by atoms with E-state index in [0.29, 0.717) is 5.56 Å². The van der Waals surface area contributed by atoms with Gasteiger partial charge in [-0.1, -0.05) is 15.9 Å². The third-order valence-corrected chi connectivity index (χ3v) is 3.01. The summed E-state index contributed by atoms with van der Waals surface area (Å²) in [7, 11) is 1.39. The molecule has 0 amide bonds. The van der Waals surface area contributed by atoms with Gasteiger partial charge in [-0.05, 0) is 18.6 Å². The summed E-state index contributed by atoms with van der Waals surface area (Å²) in [5.41, 5.74) is 3.30. The molecule has 0 heterocycles. The van der Waals surface area contributed by atoms with E-state index in [4.69, 9.17) is 9.94 Å². The van der Waals surface area contributed by atoms with Crippen LogP contribution in [0.15, 0.2) is 10.5 Å². The summed E-state index contributed by atoms with van der Waals surface area (Å²) in [5.74, 6) is -0.289. The van der Waals surface area contributed by atoms with Gasteiger partial charge in [-0.15, -0.1) is 0 Å². The minimum absolute atomic E-state index is 0.127. The maximum absolute atomic E-state index is 13.4. The smallest absolute Gasteiger partial charge is 0.165 e. The Morgan fingerprint density at radius 1 is 1.64 bits per heavy atom. The molecule has 0 aliphatic heterocycles. The van der Waals surface area contributed by atoms with E-state index in [1.807, 2.05) is 5.48 Å². The van der Waals surface area contributed by atoms with Crippen LogP contribution in [0.5, 0.6) is 5.75 Å².